The Morgan fingerprint density at radius 1 is 0.913 bits per heavy atom. The summed E-state index contributed by atoms with van der Waals surface area (Å²) in [5.74, 6) is 0.769. The zero-order chi connectivity index (χ0) is 16.3. The van der Waals surface area contributed by atoms with E-state index in [1.807, 2.05) is 30.6 Å². The van der Waals surface area contributed by atoms with E-state index in [9.17, 15) is 4.79 Å². The highest BCUT2D eigenvalue weighted by atomic mass is 16.5. The molecule has 0 aromatic heterocycles. The fourth-order valence-corrected chi connectivity index (χ4v) is 2.63. The van der Waals surface area contributed by atoms with Gasteiger partial charge in [0, 0.05) is 11.1 Å². The van der Waals surface area contributed by atoms with E-state index in [0.717, 1.165) is 23.3 Å². The zero-order valence-electron chi connectivity index (χ0n) is 13.9. The Balaban J connectivity index is 1.97. The molecular weight excluding hydrogens is 284 g/mol. The molecule has 0 spiro atoms. The summed E-state index contributed by atoms with van der Waals surface area (Å²) < 4.78 is 5.96. The summed E-state index contributed by atoms with van der Waals surface area (Å²) in [6.07, 6.45) is 9.35. The van der Waals surface area contributed by atoms with Gasteiger partial charge in [-0.2, -0.15) is 0 Å². The lowest BCUT2D eigenvalue weighted by atomic mass is 10.0. The van der Waals surface area contributed by atoms with Gasteiger partial charge in [0.15, 0.2) is 0 Å². The number of hydrogen-bond donors (Lipinski definition) is 0. The molecule has 1 radical (unpaired) electrons. The van der Waals surface area contributed by atoms with Crippen LogP contribution in [0.3, 0.4) is 0 Å². The number of unbranched alkanes of at least 4 members (excludes halogenated alkanes) is 5. The molecule has 0 aliphatic rings. The van der Waals surface area contributed by atoms with Crippen molar-refractivity contribution >= 4 is 6.29 Å². The van der Waals surface area contributed by atoms with Crippen LogP contribution in [0.5, 0.6) is 5.75 Å². The van der Waals surface area contributed by atoms with E-state index in [4.69, 9.17) is 4.74 Å². The van der Waals surface area contributed by atoms with Crippen LogP contribution in [0.1, 0.15) is 51.0 Å². The van der Waals surface area contributed by atoms with Crippen LogP contribution in [-0.4, -0.2) is 12.9 Å². The van der Waals surface area contributed by atoms with Crippen molar-refractivity contribution in [3.8, 4) is 16.9 Å². The Bertz CT molecular complexity index is 590. The summed E-state index contributed by atoms with van der Waals surface area (Å²) in [5.41, 5.74) is 2.65. The van der Waals surface area contributed by atoms with E-state index in [0.29, 0.717) is 12.2 Å². The van der Waals surface area contributed by atoms with Crippen LogP contribution >= 0.6 is 0 Å². The van der Waals surface area contributed by atoms with Crippen molar-refractivity contribution in [1.82, 2.24) is 0 Å². The first kappa shape index (κ1) is 17.3. The molecule has 2 rings (SSSR count). The van der Waals surface area contributed by atoms with E-state index in [1.54, 1.807) is 12.1 Å². The van der Waals surface area contributed by atoms with Gasteiger partial charge in [0.2, 0.25) is 6.29 Å². The van der Waals surface area contributed by atoms with Gasteiger partial charge in [-0.15, -0.1) is 0 Å². The van der Waals surface area contributed by atoms with Crippen molar-refractivity contribution in [3.63, 3.8) is 0 Å². The van der Waals surface area contributed by atoms with E-state index in [1.165, 1.54) is 32.1 Å². The number of carbonyl (C=O) groups excluding carboxylic acids is 1. The fourth-order valence-electron chi connectivity index (χ4n) is 2.63. The Morgan fingerprint density at radius 2 is 1.65 bits per heavy atom. The first-order chi connectivity index (χ1) is 11.3. The maximum Gasteiger partial charge on any atom is 0.233 e. The van der Waals surface area contributed by atoms with Crippen molar-refractivity contribution in [2.75, 3.05) is 6.61 Å². The van der Waals surface area contributed by atoms with Gasteiger partial charge >= 0.3 is 0 Å². The number of benzene rings is 2. The molecule has 121 valence electrons. The molecule has 0 N–H and O–H groups in total. The second-order valence-corrected chi connectivity index (χ2v) is 5.80. The van der Waals surface area contributed by atoms with Crippen molar-refractivity contribution in [2.45, 2.75) is 45.4 Å². The first-order valence-electron chi connectivity index (χ1n) is 8.55. The predicted molar refractivity (Wildman–Crippen MR) is 95.5 cm³/mol. The molecule has 2 aromatic rings. The van der Waals surface area contributed by atoms with Gasteiger partial charge < -0.3 is 4.74 Å². The molecule has 0 unspecified atom stereocenters. The van der Waals surface area contributed by atoms with Gasteiger partial charge in [-0.25, -0.2) is 0 Å². The van der Waals surface area contributed by atoms with Gasteiger partial charge in [0.05, 0.1) is 6.61 Å². The fraction of sp³-hybridized carbons (Fsp3) is 0.381. The van der Waals surface area contributed by atoms with Crippen molar-refractivity contribution in [2.24, 2.45) is 0 Å². The van der Waals surface area contributed by atoms with Crippen molar-refractivity contribution < 1.29 is 9.53 Å². The summed E-state index contributed by atoms with van der Waals surface area (Å²) in [6.45, 7) is 2.92. The largest absolute Gasteiger partial charge is 0.493 e. The minimum absolute atomic E-state index is 0.530. The average Bonchev–Trinajstić information content (AvgIpc) is 2.61. The van der Waals surface area contributed by atoms with Gasteiger partial charge in [-0.3, -0.25) is 4.79 Å². The SMILES string of the molecule is CCCCCCCCOc1cc([C]=O)ccc1-c1ccccc1. The second-order valence-electron chi connectivity index (χ2n) is 5.80. The highest BCUT2D eigenvalue weighted by molar-refractivity contribution is 5.80. The maximum absolute atomic E-state index is 10.9. The number of ether oxygens (including phenoxy) is 1. The third-order valence-electron chi connectivity index (χ3n) is 3.94. The van der Waals surface area contributed by atoms with Crippen LogP contribution in [-0.2, 0) is 4.79 Å². The molecule has 0 fully saturated rings. The summed E-state index contributed by atoms with van der Waals surface area (Å²) >= 11 is 0. The van der Waals surface area contributed by atoms with Gasteiger partial charge in [-0.05, 0) is 24.1 Å². The van der Waals surface area contributed by atoms with Crippen LogP contribution in [0.25, 0.3) is 11.1 Å². The smallest absolute Gasteiger partial charge is 0.233 e. The van der Waals surface area contributed by atoms with Crippen LogP contribution in [0.15, 0.2) is 48.5 Å². The van der Waals surface area contributed by atoms with E-state index >= 15 is 0 Å². The summed E-state index contributed by atoms with van der Waals surface area (Å²) in [7, 11) is 0. The third-order valence-corrected chi connectivity index (χ3v) is 3.94. The lowest BCUT2D eigenvalue weighted by Crippen LogP contribution is -2.00. The van der Waals surface area contributed by atoms with E-state index in [2.05, 4.69) is 19.1 Å². The minimum atomic E-state index is 0.530. The zero-order valence-corrected chi connectivity index (χ0v) is 13.9. The molecular formula is C21H25O2. The Hall–Kier alpha value is -2.09. The molecule has 0 aliphatic carbocycles. The molecule has 0 atom stereocenters. The number of rotatable bonds is 10. The summed E-state index contributed by atoms with van der Waals surface area (Å²) in [5, 5.41) is 0. The summed E-state index contributed by atoms with van der Waals surface area (Å²) in [6, 6.07) is 15.6. The summed E-state index contributed by atoms with van der Waals surface area (Å²) in [4.78, 5) is 10.9. The second kappa shape index (κ2) is 9.83. The molecule has 2 aromatic carbocycles. The normalized spacial score (nSPS) is 10.5. The Morgan fingerprint density at radius 3 is 2.39 bits per heavy atom. The lowest BCUT2D eigenvalue weighted by Gasteiger charge is -2.12. The van der Waals surface area contributed by atoms with Gasteiger partial charge in [0.25, 0.3) is 0 Å². The van der Waals surface area contributed by atoms with E-state index in [-0.39, 0.29) is 0 Å². The molecule has 0 saturated carbocycles. The molecule has 0 amide bonds. The Kier molecular flexibility index (Phi) is 7.38. The molecule has 2 heteroatoms. The highest BCUT2D eigenvalue weighted by Gasteiger charge is 2.08. The topological polar surface area (TPSA) is 26.3 Å². The monoisotopic (exact) mass is 309 g/mol. The van der Waals surface area contributed by atoms with Gasteiger partial charge in [-0.1, -0.05) is 75.4 Å². The molecule has 0 bridgehead atoms. The highest BCUT2D eigenvalue weighted by Crippen LogP contribution is 2.30. The van der Waals surface area contributed by atoms with Crippen molar-refractivity contribution in [1.29, 1.82) is 0 Å². The minimum Gasteiger partial charge on any atom is -0.493 e. The molecule has 0 heterocycles. The quantitative estimate of drug-likeness (QED) is 0.538. The predicted octanol–water partition coefficient (Wildman–Crippen LogP) is 5.55. The van der Waals surface area contributed by atoms with Crippen LogP contribution < -0.4 is 4.74 Å². The number of hydrogen-bond acceptors (Lipinski definition) is 2. The molecule has 23 heavy (non-hydrogen) atoms. The van der Waals surface area contributed by atoms with E-state index < -0.39 is 0 Å². The first-order valence-corrected chi connectivity index (χ1v) is 8.55. The molecule has 0 aliphatic heterocycles. The van der Waals surface area contributed by atoms with Gasteiger partial charge in [0.1, 0.15) is 5.75 Å². The van der Waals surface area contributed by atoms with Crippen LogP contribution in [0, 0.1) is 0 Å². The maximum atomic E-state index is 10.9. The average molecular weight is 309 g/mol. The van der Waals surface area contributed by atoms with Crippen molar-refractivity contribution in [3.05, 3.63) is 54.1 Å². The lowest BCUT2D eigenvalue weighted by molar-refractivity contribution is 0.305. The van der Waals surface area contributed by atoms with Crippen LogP contribution in [0.4, 0.5) is 0 Å². The molecule has 2 nitrogen and oxygen atoms in total. The van der Waals surface area contributed by atoms with Crippen LogP contribution in [0.2, 0.25) is 0 Å². The molecule has 0 saturated heterocycles. The third kappa shape index (κ3) is 5.55. The Labute approximate surface area is 139 Å². The standard InChI is InChI=1S/C21H25O2/c1-2-3-4-5-6-10-15-23-21-16-18(17-22)13-14-20(21)19-11-8-7-9-12-19/h7-9,11-14,16H,2-6,10,15H2,1H3.